The van der Waals surface area contributed by atoms with Gasteiger partial charge in [0.25, 0.3) is 0 Å². The fourth-order valence-corrected chi connectivity index (χ4v) is 3.73. The molecule has 1 N–H and O–H groups in total. The summed E-state index contributed by atoms with van der Waals surface area (Å²) in [5.41, 5.74) is 0.450. The van der Waals surface area contributed by atoms with E-state index in [9.17, 15) is 18.0 Å². The van der Waals surface area contributed by atoms with Crippen molar-refractivity contribution < 1.29 is 37.0 Å². The lowest BCUT2D eigenvalue weighted by Crippen LogP contribution is -2.38. The van der Waals surface area contributed by atoms with E-state index in [1.807, 2.05) is 0 Å². The molecule has 1 heterocycles. The second-order valence-electron chi connectivity index (χ2n) is 5.95. The molecule has 2 rings (SSSR count). The Morgan fingerprint density at radius 2 is 1.76 bits per heavy atom. The third-order valence-electron chi connectivity index (χ3n) is 4.11. The van der Waals surface area contributed by atoms with E-state index in [0.29, 0.717) is 18.7 Å². The minimum absolute atomic E-state index is 0.0149. The summed E-state index contributed by atoms with van der Waals surface area (Å²) in [4.78, 5) is 25.8. The van der Waals surface area contributed by atoms with E-state index < -0.39 is 22.0 Å². The Labute approximate surface area is 169 Å². The van der Waals surface area contributed by atoms with Crippen LogP contribution < -0.4 is 9.62 Å². The molecule has 0 fully saturated rings. The Bertz CT molecular complexity index is 864. The maximum Gasteiger partial charge on any atom is 0.355 e. The van der Waals surface area contributed by atoms with Gasteiger partial charge in [0, 0.05) is 25.9 Å². The maximum atomic E-state index is 12.3. The molecule has 11 heteroatoms. The first-order valence-corrected chi connectivity index (χ1v) is 10.2. The lowest BCUT2D eigenvalue weighted by molar-refractivity contribution is -0.140. The van der Waals surface area contributed by atoms with Crippen molar-refractivity contribution in [1.82, 2.24) is 4.72 Å². The Hall–Kier alpha value is -2.47. The third-order valence-corrected chi connectivity index (χ3v) is 5.59. The molecule has 0 saturated carbocycles. The molecular formula is C18H24N2O8S. The van der Waals surface area contributed by atoms with Crippen LogP contribution in [0.3, 0.4) is 0 Å². The van der Waals surface area contributed by atoms with E-state index in [-0.39, 0.29) is 36.0 Å². The molecule has 29 heavy (non-hydrogen) atoms. The maximum absolute atomic E-state index is 12.3. The van der Waals surface area contributed by atoms with Crippen molar-refractivity contribution in [3.05, 3.63) is 35.5 Å². The molecule has 0 aliphatic carbocycles. The molecule has 10 nitrogen and oxygen atoms in total. The van der Waals surface area contributed by atoms with Crippen molar-refractivity contribution in [1.29, 1.82) is 0 Å². The first kappa shape index (κ1) is 22.8. The Kier molecular flexibility index (Phi) is 8.14. The number of carbonyl (C=O) groups excluding carboxylic acids is 2. The number of anilines is 1. The Morgan fingerprint density at radius 3 is 2.34 bits per heavy atom. The van der Waals surface area contributed by atoms with E-state index in [0.717, 1.165) is 0 Å². The standard InChI is InChI=1S/C18H24N2O8S/c1-25-10-4-9-19-29(23,24)14-7-5-13(6-8-14)20-12-28-11-15(17(21)26-2)16(20)18(22)27-3/h5-8,19H,4,9-12H2,1-3H3. The van der Waals surface area contributed by atoms with Crippen LogP contribution in [0.15, 0.2) is 40.4 Å². The molecule has 0 unspecified atom stereocenters. The number of benzene rings is 1. The average Bonchev–Trinajstić information content (AvgIpc) is 2.75. The van der Waals surface area contributed by atoms with E-state index in [1.165, 1.54) is 43.4 Å². The fraction of sp³-hybridized carbons (Fsp3) is 0.444. The summed E-state index contributed by atoms with van der Waals surface area (Å²) in [5, 5.41) is 0. The molecule has 0 radical (unpaired) electrons. The van der Waals surface area contributed by atoms with E-state index in [1.54, 1.807) is 7.11 Å². The molecule has 1 aromatic rings. The van der Waals surface area contributed by atoms with Gasteiger partial charge in [-0.25, -0.2) is 22.7 Å². The summed E-state index contributed by atoms with van der Waals surface area (Å²) in [6, 6.07) is 5.82. The number of rotatable bonds is 9. The SMILES string of the molecule is COCCCNS(=O)(=O)c1ccc(N2COCC(C(=O)OC)=C2C(=O)OC)cc1. The predicted molar refractivity (Wildman–Crippen MR) is 102 cm³/mol. The van der Waals surface area contributed by atoms with Gasteiger partial charge in [0.2, 0.25) is 10.0 Å². The average molecular weight is 428 g/mol. The Morgan fingerprint density at radius 1 is 1.10 bits per heavy atom. The van der Waals surface area contributed by atoms with Crippen LogP contribution in [0.2, 0.25) is 0 Å². The summed E-state index contributed by atoms with van der Waals surface area (Å²) in [7, 11) is 0.252. The van der Waals surface area contributed by atoms with E-state index in [4.69, 9.17) is 18.9 Å². The molecule has 1 aromatic carbocycles. The second kappa shape index (κ2) is 10.3. The van der Waals surface area contributed by atoms with Crippen LogP contribution >= 0.6 is 0 Å². The van der Waals surface area contributed by atoms with Crippen LogP contribution in [-0.2, 0) is 38.6 Å². The molecule has 0 aromatic heterocycles. The zero-order chi connectivity index (χ0) is 21.4. The summed E-state index contributed by atoms with van der Waals surface area (Å²) >= 11 is 0. The van der Waals surface area contributed by atoms with Gasteiger partial charge in [-0.3, -0.25) is 0 Å². The van der Waals surface area contributed by atoms with Crippen molar-refractivity contribution in [3.8, 4) is 0 Å². The monoisotopic (exact) mass is 428 g/mol. The van der Waals surface area contributed by atoms with Gasteiger partial charge < -0.3 is 23.8 Å². The molecule has 0 spiro atoms. The van der Waals surface area contributed by atoms with Crippen LogP contribution in [0.25, 0.3) is 0 Å². The van der Waals surface area contributed by atoms with Crippen molar-refractivity contribution in [2.45, 2.75) is 11.3 Å². The lowest BCUT2D eigenvalue weighted by Gasteiger charge is -2.31. The van der Waals surface area contributed by atoms with E-state index >= 15 is 0 Å². The molecule has 0 atom stereocenters. The van der Waals surface area contributed by atoms with Gasteiger partial charge in [0.1, 0.15) is 12.4 Å². The van der Waals surface area contributed by atoms with Gasteiger partial charge in [-0.1, -0.05) is 0 Å². The number of esters is 2. The number of nitrogens with zero attached hydrogens (tertiary/aromatic N) is 1. The normalized spacial score (nSPS) is 14.7. The molecule has 0 bridgehead atoms. The minimum Gasteiger partial charge on any atom is -0.466 e. The van der Waals surface area contributed by atoms with Gasteiger partial charge in [0.05, 0.1) is 31.3 Å². The van der Waals surface area contributed by atoms with Gasteiger partial charge in [-0.05, 0) is 30.7 Å². The zero-order valence-corrected chi connectivity index (χ0v) is 17.3. The predicted octanol–water partition coefficient (Wildman–Crippen LogP) is 0.396. The smallest absolute Gasteiger partial charge is 0.355 e. The molecule has 160 valence electrons. The number of sulfonamides is 1. The van der Waals surface area contributed by atoms with Gasteiger partial charge in [-0.2, -0.15) is 0 Å². The van der Waals surface area contributed by atoms with Crippen molar-refractivity contribution in [3.63, 3.8) is 0 Å². The van der Waals surface area contributed by atoms with Crippen LogP contribution in [0.1, 0.15) is 6.42 Å². The molecule has 1 aliphatic rings. The number of nitrogens with one attached hydrogen (secondary N) is 1. The van der Waals surface area contributed by atoms with Crippen molar-refractivity contribution in [2.75, 3.05) is 52.7 Å². The van der Waals surface area contributed by atoms with Crippen LogP contribution in [0.4, 0.5) is 5.69 Å². The zero-order valence-electron chi connectivity index (χ0n) is 16.5. The highest BCUT2D eigenvalue weighted by atomic mass is 32.2. The summed E-state index contributed by atoms with van der Waals surface area (Å²) in [6.45, 7) is 0.564. The van der Waals surface area contributed by atoms with Crippen LogP contribution in [-0.4, -0.2) is 68.2 Å². The molecule has 0 amide bonds. The Balaban J connectivity index is 2.29. The van der Waals surface area contributed by atoms with E-state index in [2.05, 4.69) is 4.72 Å². The highest BCUT2D eigenvalue weighted by Crippen LogP contribution is 2.27. The molecular weight excluding hydrogens is 404 g/mol. The van der Waals surface area contributed by atoms with Crippen LogP contribution in [0, 0.1) is 0 Å². The van der Waals surface area contributed by atoms with Crippen LogP contribution in [0.5, 0.6) is 0 Å². The third kappa shape index (κ3) is 5.54. The van der Waals surface area contributed by atoms with Crippen molar-refractivity contribution >= 4 is 27.6 Å². The first-order chi connectivity index (χ1) is 13.9. The largest absolute Gasteiger partial charge is 0.466 e. The number of methoxy groups -OCH3 is 3. The molecule has 0 saturated heterocycles. The van der Waals surface area contributed by atoms with Gasteiger partial charge >= 0.3 is 11.9 Å². The number of hydrogen-bond acceptors (Lipinski definition) is 9. The number of hydrogen-bond donors (Lipinski definition) is 1. The highest BCUT2D eigenvalue weighted by Gasteiger charge is 2.32. The topological polar surface area (TPSA) is 120 Å². The molecule has 1 aliphatic heterocycles. The summed E-state index contributed by atoms with van der Waals surface area (Å²) in [5.74, 6) is -1.44. The highest BCUT2D eigenvalue weighted by molar-refractivity contribution is 7.89. The minimum atomic E-state index is -3.68. The second-order valence-corrected chi connectivity index (χ2v) is 7.72. The number of carbonyl (C=O) groups is 2. The van der Waals surface area contributed by atoms with Crippen molar-refractivity contribution in [2.24, 2.45) is 0 Å². The summed E-state index contributed by atoms with van der Waals surface area (Å²) < 4.78 is 47.0. The quantitative estimate of drug-likeness (QED) is 0.440. The lowest BCUT2D eigenvalue weighted by atomic mass is 10.1. The number of ether oxygens (including phenoxy) is 4. The first-order valence-electron chi connectivity index (χ1n) is 8.69. The fourth-order valence-electron chi connectivity index (χ4n) is 2.66. The van der Waals surface area contributed by atoms with Gasteiger partial charge in [0.15, 0.2) is 0 Å². The van der Waals surface area contributed by atoms with Gasteiger partial charge in [-0.15, -0.1) is 0 Å². The summed E-state index contributed by atoms with van der Waals surface area (Å²) in [6.07, 6.45) is 0.544.